The van der Waals surface area contributed by atoms with Crippen molar-refractivity contribution in [1.82, 2.24) is 24.2 Å². The molecule has 1 atom stereocenters. The van der Waals surface area contributed by atoms with E-state index in [1.54, 1.807) is 37.1 Å². The van der Waals surface area contributed by atoms with Gasteiger partial charge in [-0.3, -0.25) is 9.88 Å². The van der Waals surface area contributed by atoms with E-state index in [2.05, 4.69) is 20.9 Å². The van der Waals surface area contributed by atoms with Crippen LogP contribution < -0.4 is 9.64 Å². The summed E-state index contributed by atoms with van der Waals surface area (Å²) in [5.41, 5.74) is 0.837. The van der Waals surface area contributed by atoms with E-state index in [1.165, 1.54) is 4.88 Å². The van der Waals surface area contributed by atoms with Crippen molar-refractivity contribution in [2.75, 3.05) is 70.7 Å². The maximum absolute atomic E-state index is 11.7. The van der Waals surface area contributed by atoms with Crippen LogP contribution in [0.5, 0.6) is 5.75 Å². The molecule has 0 saturated carbocycles. The zero-order chi connectivity index (χ0) is 22.8. The average molecular weight is 489 g/mol. The van der Waals surface area contributed by atoms with Crippen molar-refractivity contribution < 1.29 is 13.7 Å². The van der Waals surface area contributed by atoms with Crippen LogP contribution in [-0.4, -0.2) is 94.2 Å². The highest BCUT2D eigenvalue weighted by molar-refractivity contribution is 7.81. The van der Waals surface area contributed by atoms with Crippen LogP contribution in [0, 0.1) is 0 Å². The fraction of sp³-hybridized carbons (Fsp3) is 0.500. The molecule has 2 aliphatic rings. The molecule has 0 amide bonds. The van der Waals surface area contributed by atoms with E-state index >= 15 is 0 Å². The third-order valence-corrected chi connectivity index (χ3v) is 8.12. The molecule has 0 radical (unpaired) electrons. The molecule has 176 valence electrons. The predicted molar refractivity (Wildman–Crippen MR) is 131 cm³/mol. The van der Waals surface area contributed by atoms with Gasteiger partial charge in [-0.2, -0.15) is 0 Å². The molecular weight excluding hydrogens is 460 g/mol. The summed E-state index contributed by atoms with van der Waals surface area (Å²) in [6.45, 7) is 7.37. The minimum absolute atomic E-state index is 0.655. The Hall–Kier alpha value is -2.18. The third-order valence-electron chi connectivity index (χ3n) is 6.02. The molecule has 2 aliphatic heterocycles. The Balaban J connectivity index is 1.47. The van der Waals surface area contributed by atoms with Crippen LogP contribution in [0.4, 0.5) is 5.82 Å². The van der Waals surface area contributed by atoms with E-state index in [9.17, 15) is 4.21 Å². The molecule has 0 aliphatic carbocycles. The van der Waals surface area contributed by atoms with Crippen LogP contribution in [-0.2, 0) is 22.3 Å². The van der Waals surface area contributed by atoms with Crippen molar-refractivity contribution in [1.29, 1.82) is 0 Å². The molecule has 5 heterocycles. The van der Waals surface area contributed by atoms with Gasteiger partial charge in [0, 0.05) is 68.7 Å². The van der Waals surface area contributed by atoms with Gasteiger partial charge in [-0.1, -0.05) is 0 Å². The van der Waals surface area contributed by atoms with E-state index in [0.29, 0.717) is 24.8 Å². The van der Waals surface area contributed by atoms with Crippen molar-refractivity contribution in [2.45, 2.75) is 6.54 Å². The first-order valence-corrected chi connectivity index (χ1v) is 13.4. The first kappa shape index (κ1) is 22.6. The van der Waals surface area contributed by atoms with Crippen molar-refractivity contribution in [2.24, 2.45) is 0 Å². The summed E-state index contributed by atoms with van der Waals surface area (Å²) in [6.07, 6.45) is 5.21. The lowest BCUT2D eigenvalue weighted by atomic mass is 10.2. The number of anilines is 1. The smallest absolute Gasteiger partial charge is 0.164 e. The van der Waals surface area contributed by atoms with E-state index in [-0.39, 0.29) is 0 Å². The number of morpholine rings is 1. The van der Waals surface area contributed by atoms with Gasteiger partial charge in [-0.25, -0.2) is 18.5 Å². The summed E-state index contributed by atoms with van der Waals surface area (Å²) in [4.78, 5) is 21.1. The lowest BCUT2D eigenvalue weighted by Gasteiger charge is -2.32. The Kier molecular flexibility index (Phi) is 6.84. The fourth-order valence-electron chi connectivity index (χ4n) is 4.20. The Morgan fingerprint density at radius 3 is 2.61 bits per heavy atom. The quantitative estimate of drug-likeness (QED) is 0.521. The number of pyridine rings is 1. The van der Waals surface area contributed by atoms with Crippen LogP contribution in [0.3, 0.4) is 0 Å². The zero-order valence-corrected chi connectivity index (χ0v) is 20.5. The van der Waals surface area contributed by atoms with E-state index < -0.39 is 11.0 Å². The lowest BCUT2D eigenvalue weighted by molar-refractivity contribution is 0.122. The second-order valence-electron chi connectivity index (χ2n) is 8.14. The summed E-state index contributed by atoms with van der Waals surface area (Å²) in [7, 11) is 0.738. The standard InChI is InChI=1S/C22H28N6O3S2/c1-30-17-11-16(13-23-14-17)20-24-21(27-7-9-31-10-8-27)19-12-18(32-22(19)25-20)15-26-3-5-28(6-4-26)33(2)29/h11-14H,3-10,15H2,1-2H3. The summed E-state index contributed by atoms with van der Waals surface area (Å²) in [5.74, 6) is 2.29. The molecule has 9 nitrogen and oxygen atoms in total. The summed E-state index contributed by atoms with van der Waals surface area (Å²) in [5, 5.41) is 1.09. The van der Waals surface area contributed by atoms with Crippen molar-refractivity contribution in [3.8, 4) is 17.1 Å². The summed E-state index contributed by atoms with van der Waals surface area (Å²) < 4.78 is 24.7. The third kappa shape index (κ3) is 5.02. The SMILES string of the molecule is COc1cncc(-c2nc(N3CCOCC3)c3cc(CN4CCN(S(C)=O)CC4)sc3n2)c1. The number of piperazine rings is 1. The molecule has 0 aromatic carbocycles. The van der Waals surface area contributed by atoms with Crippen LogP contribution in [0.1, 0.15) is 4.88 Å². The number of aromatic nitrogens is 3. The number of thiophene rings is 1. The van der Waals surface area contributed by atoms with Gasteiger partial charge in [0.15, 0.2) is 5.82 Å². The molecule has 2 saturated heterocycles. The highest BCUT2D eigenvalue weighted by Gasteiger charge is 2.23. The van der Waals surface area contributed by atoms with Crippen LogP contribution in [0.2, 0.25) is 0 Å². The average Bonchev–Trinajstić information content (AvgIpc) is 3.26. The topological polar surface area (TPSA) is 83.9 Å². The van der Waals surface area contributed by atoms with Gasteiger partial charge in [0.25, 0.3) is 0 Å². The van der Waals surface area contributed by atoms with Crippen molar-refractivity contribution in [3.05, 3.63) is 29.4 Å². The number of hydrogen-bond acceptors (Lipinski definition) is 9. The maximum Gasteiger partial charge on any atom is 0.164 e. The van der Waals surface area contributed by atoms with Gasteiger partial charge >= 0.3 is 0 Å². The normalized spacial score (nSPS) is 19.2. The summed E-state index contributed by atoms with van der Waals surface area (Å²) >= 11 is 1.72. The Labute approximate surface area is 199 Å². The van der Waals surface area contributed by atoms with Crippen LogP contribution in [0.15, 0.2) is 24.5 Å². The van der Waals surface area contributed by atoms with Gasteiger partial charge in [0.2, 0.25) is 0 Å². The van der Waals surface area contributed by atoms with E-state index in [1.807, 2.05) is 10.4 Å². The monoisotopic (exact) mass is 488 g/mol. The summed E-state index contributed by atoms with van der Waals surface area (Å²) in [6, 6.07) is 4.16. The number of hydrogen-bond donors (Lipinski definition) is 0. The van der Waals surface area contributed by atoms with Crippen molar-refractivity contribution >= 4 is 38.4 Å². The first-order valence-electron chi connectivity index (χ1n) is 11.0. The highest BCUT2D eigenvalue weighted by atomic mass is 32.2. The molecule has 3 aromatic heterocycles. The second kappa shape index (κ2) is 9.98. The van der Waals surface area contributed by atoms with E-state index in [4.69, 9.17) is 19.4 Å². The molecule has 2 fully saturated rings. The van der Waals surface area contributed by atoms with Crippen LogP contribution in [0.25, 0.3) is 21.6 Å². The Bertz CT molecular complexity index is 1140. The number of rotatable bonds is 6. The predicted octanol–water partition coefficient (Wildman–Crippen LogP) is 2.01. The van der Waals surface area contributed by atoms with Gasteiger partial charge in [0.05, 0.1) is 42.9 Å². The molecule has 5 rings (SSSR count). The molecule has 0 bridgehead atoms. The molecular formula is C22H28N6O3S2. The maximum atomic E-state index is 11.7. The van der Waals surface area contributed by atoms with Gasteiger partial charge in [-0.15, -0.1) is 11.3 Å². The number of nitrogens with zero attached hydrogens (tertiary/aromatic N) is 6. The zero-order valence-electron chi connectivity index (χ0n) is 18.9. The highest BCUT2D eigenvalue weighted by Crippen LogP contribution is 2.34. The molecule has 11 heteroatoms. The van der Waals surface area contributed by atoms with Gasteiger partial charge in [-0.05, 0) is 12.1 Å². The molecule has 1 unspecified atom stereocenters. The minimum Gasteiger partial charge on any atom is -0.495 e. The Morgan fingerprint density at radius 2 is 1.88 bits per heavy atom. The number of methoxy groups -OCH3 is 1. The van der Waals surface area contributed by atoms with E-state index in [0.717, 1.165) is 67.4 Å². The van der Waals surface area contributed by atoms with Crippen molar-refractivity contribution in [3.63, 3.8) is 0 Å². The van der Waals surface area contributed by atoms with Gasteiger partial charge < -0.3 is 14.4 Å². The number of fused-ring (bicyclic) bond motifs is 1. The first-order chi connectivity index (χ1) is 16.1. The molecule has 3 aromatic rings. The Morgan fingerprint density at radius 1 is 1.09 bits per heavy atom. The van der Waals surface area contributed by atoms with Crippen LogP contribution >= 0.6 is 11.3 Å². The lowest BCUT2D eigenvalue weighted by Crippen LogP contribution is -2.46. The fourth-order valence-corrected chi connectivity index (χ4v) is 5.94. The number of ether oxygens (including phenoxy) is 2. The molecule has 33 heavy (non-hydrogen) atoms. The minimum atomic E-state index is -0.894. The molecule has 0 spiro atoms. The second-order valence-corrected chi connectivity index (χ2v) is 10.6. The molecule has 0 N–H and O–H groups in total. The largest absolute Gasteiger partial charge is 0.495 e. The van der Waals surface area contributed by atoms with Gasteiger partial charge in [0.1, 0.15) is 16.4 Å².